The van der Waals surface area contributed by atoms with Gasteiger partial charge in [0.2, 0.25) is 0 Å². The summed E-state index contributed by atoms with van der Waals surface area (Å²) in [4.78, 5) is 11.2. The predicted molar refractivity (Wildman–Crippen MR) is 57.5 cm³/mol. The van der Waals surface area contributed by atoms with Gasteiger partial charge in [-0.2, -0.15) is 0 Å². The molecule has 3 nitrogen and oxygen atoms in total. The number of carbonyl (C=O) groups is 1. The number of benzene rings is 1. The fraction of sp³-hybridized carbons (Fsp3) is 0.300. The number of halogens is 1. The summed E-state index contributed by atoms with van der Waals surface area (Å²) in [7, 11) is 0. The summed E-state index contributed by atoms with van der Waals surface area (Å²) >= 11 is 0. The number of carbonyl (C=O) groups excluding carboxylic acids is 1. The van der Waals surface area contributed by atoms with E-state index in [1.165, 1.54) is 0 Å². The third-order valence-corrected chi connectivity index (χ3v) is 1.70. The minimum absolute atomic E-state index is 0. The summed E-state index contributed by atoms with van der Waals surface area (Å²) in [6, 6.07) is 7.10. The van der Waals surface area contributed by atoms with Crippen LogP contribution in [0.25, 0.3) is 0 Å². The third-order valence-electron chi connectivity index (χ3n) is 1.70. The maximum atomic E-state index is 11.2. The Hall–Kier alpha value is -1.06. The zero-order chi connectivity index (χ0) is 9.68. The van der Waals surface area contributed by atoms with Crippen LogP contribution in [0, 0.1) is 0 Å². The van der Waals surface area contributed by atoms with E-state index in [1.54, 1.807) is 19.1 Å². The van der Waals surface area contributed by atoms with Gasteiger partial charge in [0.1, 0.15) is 0 Å². The highest BCUT2D eigenvalue weighted by molar-refractivity contribution is 5.89. The van der Waals surface area contributed by atoms with Crippen LogP contribution in [0.1, 0.15) is 22.8 Å². The second kappa shape index (κ2) is 6.40. The Morgan fingerprint density at radius 1 is 1.36 bits per heavy atom. The Morgan fingerprint density at radius 2 is 1.93 bits per heavy atom. The van der Waals surface area contributed by atoms with Crippen LogP contribution in [0.5, 0.6) is 0 Å². The molecule has 0 spiro atoms. The van der Waals surface area contributed by atoms with Gasteiger partial charge in [-0.25, -0.2) is 4.79 Å². The van der Waals surface area contributed by atoms with Crippen LogP contribution in [0.15, 0.2) is 24.3 Å². The van der Waals surface area contributed by atoms with E-state index in [-0.39, 0.29) is 18.4 Å². The van der Waals surface area contributed by atoms with Gasteiger partial charge < -0.3 is 10.5 Å². The van der Waals surface area contributed by atoms with E-state index in [4.69, 9.17) is 10.5 Å². The Labute approximate surface area is 89.7 Å². The molecule has 0 aliphatic rings. The first-order chi connectivity index (χ1) is 6.27. The molecule has 78 valence electrons. The number of ether oxygens (including phenoxy) is 1. The van der Waals surface area contributed by atoms with Crippen molar-refractivity contribution in [3.8, 4) is 0 Å². The van der Waals surface area contributed by atoms with Gasteiger partial charge in [0.05, 0.1) is 12.2 Å². The van der Waals surface area contributed by atoms with Gasteiger partial charge in [0, 0.05) is 6.54 Å². The third kappa shape index (κ3) is 3.36. The number of esters is 1. The van der Waals surface area contributed by atoms with E-state index >= 15 is 0 Å². The lowest BCUT2D eigenvalue weighted by Crippen LogP contribution is -2.05. The maximum absolute atomic E-state index is 11.2. The van der Waals surface area contributed by atoms with Crippen molar-refractivity contribution in [1.29, 1.82) is 0 Å². The number of rotatable bonds is 3. The standard InChI is InChI=1S/C10H13NO2.ClH/c1-2-13-10(12)9-5-3-8(7-11)4-6-9;/h3-6H,2,7,11H2,1H3;1H. The summed E-state index contributed by atoms with van der Waals surface area (Å²) < 4.78 is 4.83. The van der Waals surface area contributed by atoms with Gasteiger partial charge in [-0.3, -0.25) is 0 Å². The van der Waals surface area contributed by atoms with Gasteiger partial charge in [-0.1, -0.05) is 12.1 Å². The molecule has 0 aliphatic heterocycles. The van der Waals surface area contributed by atoms with Crippen molar-refractivity contribution >= 4 is 18.4 Å². The van der Waals surface area contributed by atoms with Crippen molar-refractivity contribution in [1.82, 2.24) is 0 Å². The Morgan fingerprint density at radius 3 is 2.36 bits per heavy atom. The summed E-state index contributed by atoms with van der Waals surface area (Å²) in [5.41, 5.74) is 6.99. The molecule has 0 bridgehead atoms. The normalized spacial score (nSPS) is 9.00. The molecule has 1 aromatic rings. The molecule has 0 aromatic heterocycles. The van der Waals surface area contributed by atoms with Gasteiger partial charge >= 0.3 is 5.97 Å². The zero-order valence-corrected chi connectivity index (χ0v) is 8.84. The molecule has 14 heavy (non-hydrogen) atoms. The van der Waals surface area contributed by atoms with E-state index in [9.17, 15) is 4.79 Å². The SMILES string of the molecule is CCOC(=O)c1ccc(CN)cc1.Cl. The second-order valence-electron chi connectivity index (χ2n) is 2.62. The molecule has 0 saturated carbocycles. The van der Waals surface area contributed by atoms with E-state index in [0.717, 1.165) is 5.56 Å². The molecule has 0 fully saturated rings. The molecule has 0 atom stereocenters. The van der Waals surface area contributed by atoms with Crippen molar-refractivity contribution in [3.63, 3.8) is 0 Å². The molecule has 1 rings (SSSR count). The van der Waals surface area contributed by atoms with Crippen LogP contribution in [0.3, 0.4) is 0 Å². The average Bonchev–Trinajstić information content (AvgIpc) is 2.18. The predicted octanol–water partition coefficient (Wildman–Crippen LogP) is 1.74. The highest BCUT2D eigenvalue weighted by atomic mass is 35.5. The molecule has 1 aromatic carbocycles. The van der Waals surface area contributed by atoms with Crippen molar-refractivity contribution in [2.24, 2.45) is 5.73 Å². The Bertz CT molecular complexity index is 285. The Kier molecular flexibility index (Phi) is 5.92. The maximum Gasteiger partial charge on any atom is 0.338 e. The van der Waals surface area contributed by atoms with Crippen LogP contribution >= 0.6 is 12.4 Å². The van der Waals surface area contributed by atoms with Crippen molar-refractivity contribution in [3.05, 3.63) is 35.4 Å². The summed E-state index contributed by atoms with van der Waals surface area (Å²) in [5.74, 6) is -0.286. The number of hydrogen-bond acceptors (Lipinski definition) is 3. The monoisotopic (exact) mass is 215 g/mol. The summed E-state index contributed by atoms with van der Waals surface area (Å²) in [5, 5.41) is 0. The highest BCUT2D eigenvalue weighted by Crippen LogP contribution is 2.05. The fourth-order valence-corrected chi connectivity index (χ4v) is 0.991. The first-order valence-corrected chi connectivity index (χ1v) is 4.24. The molecular weight excluding hydrogens is 202 g/mol. The molecule has 0 unspecified atom stereocenters. The van der Waals surface area contributed by atoms with Gasteiger partial charge in [-0.15, -0.1) is 12.4 Å². The van der Waals surface area contributed by atoms with E-state index in [0.29, 0.717) is 18.7 Å². The number of nitrogens with two attached hydrogens (primary N) is 1. The molecule has 0 heterocycles. The van der Waals surface area contributed by atoms with Gasteiger partial charge in [0.15, 0.2) is 0 Å². The molecular formula is C10H14ClNO2. The van der Waals surface area contributed by atoms with E-state index < -0.39 is 0 Å². The highest BCUT2D eigenvalue weighted by Gasteiger charge is 2.04. The molecule has 0 radical (unpaired) electrons. The van der Waals surface area contributed by atoms with Crippen LogP contribution in [0.2, 0.25) is 0 Å². The first kappa shape index (κ1) is 12.9. The Balaban J connectivity index is 0.00000169. The number of hydrogen-bond donors (Lipinski definition) is 1. The lowest BCUT2D eigenvalue weighted by molar-refractivity contribution is 0.0526. The first-order valence-electron chi connectivity index (χ1n) is 4.24. The lowest BCUT2D eigenvalue weighted by Gasteiger charge is -2.01. The lowest BCUT2D eigenvalue weighted by atomic mass is 10.1. The van der Waals surface area contributed by atoms with Crippen LogP contribution in [-0.2, 0) is 11.3 Å². The minimum atomic E-state index is -0.286. The molecule has 0 saturated heterocycles. The second-order valence-corrected chi connectivity index (χ2v) is 2.62. The topological polar surface area (TPSA) is 52.3 Å². The zero-order valence-electron chi connectivity index (χ0n) is 8.03. The quantitative estimate of drug-likeness (QED) is 0.782. The van der Waals surface area contributed by atoms with E-state index in [2.05, 4.69) is 0 Å². The largest absolute Gasteiger partial charge is 0.462 e. The molecule has 2 N–H and O–H groups in total. The summed E-state index contributed by atoms with van der Waals surface area (Å²) in [6.07, 6.45) is 0. The van der Waals surface area contributed by atoms with Crippen molar-refractivity contribution in [2.45, 2.75) is 13.5 Å². The van der Waals surface area contributed by atoms with E-state index in [1.807, 2.05) is 12.1 Å². The van der Waals surface area contributed by atoms with Crippen LogP contribution < -0.4 is 5.73 Å². The molecule has 4 heteroatoms. The minimum Gasteiger partial charge on any atom is -0.462 e. The molecule has 0 aliphatic carbocycles. The molecule has 0 amide bonds. The van der Waals surface area contributed by atoms with Gasteiger partial charge in [-0.05, 0) is 24.6 Å². The van der Waals surface area contributed by atoms with Gasteiger partial charge in [0.25, 0.3) is 0 Å². The summed E-state index contributed by atoms with van der Waals surface area (Å²) in [6.45, 7) is 2.67. The van der Waals surface area contributed by atoms with Crippen molar-refractivity contribution in [2.75, 3.05) is 6.61 Å². The fourth-order valence-electron chi connectivity index (χ4n) is 0.991. The van der Waals surface area contributed by atoms with Crippen molar-refractivity contribution < 1.29 is 9.53 Å². The van der Waals surface area contributed by atoms with Crippen LogP contribution in [-0.4, -0.2) is 12.6 Å². The van der Waals surface area contributed by atoms with Crippen LogP contribution in [0.4, 0.5) is 0 Å². The average molecular weight is 216 g/mol. The smallest absolute Gasteiger partial charge is 0.338 e.